The Morgan fingerprint density at radius 1 is 1.06 bits per heavy atom. The van der Waals surface area contributed by atoms with Crippen LogP contribution >= 0.6 is 11.3 Å². The third-order valence-corrected chi connectivity index (χ3v) is 6.22. The Hall–Kier alpha value is -3.59. The van der Waals surface area contributed by atoms with Gasteiger partial charge < -0.3 is 23.8 Å². The number of carbonyl (C=O) groups is 2. The Labute approximate surface area is 195 Å². The number of ether oxygens (including phenoxy) is 4. The van der Waals surface area contributed by atoms with Gasteiger partial charge in [-0.3, -0.25) is 4.79 Å². The summed E-state index contributed by atoms with van der Waals surface area (Å²) in [5, 5.41) is 3.03. The van der Waals surface area contributed by atoms with Crippen molar-refractivity contribution >= 4 is 28.9 Å². The summed E-state index contributed by atoms with van der Waals surface area (Å²) in [4.78, 5) is 31.7. The number of esters is 1. The van der Waals surface area contributed by atoms with Crippen LogP contribution in [0.1, 0.15) is 20.9 Å². The van der Waals surface area contributed by atoms with E-state index >= 15 is 0 Å². The minimum absolute atomic E-state index is 0.146. The van der Waals surface area contributed by atoms with E-state index in [1.807, 2.05) is 24.4 Å². The van der Waals surface area contributed by atoms with Crippen LogP contribution in [-0.4, -0.2) is 51.3 Å². The Morgan fingerprint density at radius 3 is 2.52 bits per heavy atom. The molecule has 0 aliphatic carbocycles. The minimum atomic E-state index is -0.685. The fourth-order valence-electron chi connectivity index (χ4n) is 3.86. The van der Waals surface area contributed by atoms with Gasteiger partial charge in [-0.25, -0.2) is 9.78 Å². The summed E-state index contributed by atoms with van der Waals surface area (Å²) in [6.07, 6.45) is 0.732. The summed E-state index contributed by atoms with van der Waals surface area (Å²) in [6.45, 7) is 2.12. The molecule has 4 rings (SSSR count). The molecule has 172 valence electrons. The highest BCUT2D eigenvalue weighted by Crippen LogP contribution is 2.40. The molecule has 2 heterocycles. The number of rotatable bonds is 7. The zero-order valence-electron chi connectivity index (χ0n) is 18.8. The van der Waals surface area contributed by atoms with Crippen molar-refractivity contribution in [3.63, 3.8) is 0 Å². The molecule has 0 saturated carbocycles. The van der Waals surface area contributed by atoms with Crippen molar-refractivity contribution < 1.29 is 28.5 Å². The molecular weight excluding hydrogens is 444 g/mol. The Kier molecular flexibility index (Phi) is 6.50. The summed E-state index contributed by atoms with van der Waals surface area (Å²) in [6, 6.07) is 9.04. The zero-order valence-corrected chi connectivity index (χ0v) is 19.7. The van der Waals surface area contributed by atoms with Gasteiger partial charge in [0.2, 0.25) is 5.75 Å². The van der Waals surface area contributed by atoms with Gasteiger partial charge in [0.25, 0.3) is 5.91 Å². The molecule has 33 heavy (non-hydrogen) atoms. The van der Waals surface area contributed by atoms with E-state index in [-0.39, 0.29) is 29.6 Å². The average Bonchev–Trinajstić information content (AvgIpc) is 3.46. The molecule has 0 fully saturated rings. The molecule has 1 amide bonds. The van der Waals surface area contributed by atoms with Gasteiger partial charge in [-0.15, -0.1) is 11.3 Å². The van der Waals surface area contributed by atoms with Gasteiger partial charge >= 0.3 is 5.97 Å². The monoisotopic (exact) mass is 468 g/mol. The second kappa shape index (κ2) is 9.50. The van der Waals surface area contributed by atoms with E-state index in [9.17, 15) is 9.59 Å². The van der Waals surface area contributed by atoms with E-state index in [1.54, 1.807) is 22.3 Å². The minimum Gasteiger partial charge on any atom is -0.493 e. The molecule has 0 radical (unpaired) electrons. The van der Waals surface area contributed by atoms with E-state index in [0.29, 0.717) is 12.3 Å². The lowest BCUT2D eigenvalue weighted by Crippen LogP contribution is -2.33. The van der Waals surface area contributed by atoms with Crippen LogP contribution in [-0.2, 0) is 16.0 Å². The smallest absolute Gasteiger partial charge is 0.342 e. The van der Waals surface area contributed by atoms with Gasteiger partial charge in [0.15, 0.2) is 18.1 Å². The largest absolute Gasteiger partial charge is 0.493 e. The van der Waals surface area contributed by atoms with Gasteiger partial charge in [-0.1, -0.05) is 6.07 Å². The van der Waals surface area contributed by atoms with Crippen molar-refractivity contribution in [2.45, 2.75) is 13.3 Å². The van der Waals surface area contributed by atoms with Crippen LogP contribution in [0, 0.1) is 6.92 Å². The normalized spacial score (nSPS) is 12.3. The summed E-state index contributed by atoms with van der Waals surface area (Å²) in [7, 11) is 4.36. The number of benzene rings is 2. The first kappa shape index (κ1) is 22.6. The lowest BCUT2D eigenvalue weighted by molar-refractivity contribution is -0.121. The Morgan fingerprint density at radius 2 is 1.85 bits per heavy atom. The molecule has 3 aromatic rings. The predicted octanol–water partition coefficient (Wildman–Crippen LogP) is 3.89. The number of fused-ring (bicyclic) bond motifs is 1. The van der Waals surface area contributed by atoms with E-state index in [0.717, 1.165) is 33.9 Å². The molecule has 2 aromatic carbocycles. The van der Waals surface area contributed by atoms with Crippen molar-refractivity contribution in [2.24, 2.45) is 0 Å². The van der Waals surface area contributed by atoms with Gasteiger partial charge in [0, 0.05) is 23.2 Å². The van der Waals surface area contributed by atoms with Gasteiger partial charge in [0.1, 0.15) is 5.56 Å². The first-order valence-electron chi connectivity index (χ1n) is 10.3. The number of aromatic nitrogens is 1. The number of amides is 1. The van der Waals surface area contributed by atoms with E-state index in [4.69, 9.17) is 18.9 Å². The zero-order chi connectivity index (χ0) is 23.5. The maximum atomic E-state index is 12.8. The maximum absolute atomic E-state index is 12.8. The van der Waals surface area contributed by atoms with Crippen LogP contribution in [0.2, 0.25) is 0 Å². The number of hydrogen-bond acceptors (Lipinski definition) is 8. The van der Waals surface area contributed by atoms with Crippen LogP contribution in [0.25, 0.3) is 11.3 Å². The average molecular weight is 469 g/mol. The fourth-order valence-corrected chi connectivity index (χ4v) is 4.48. The van der Waals surface area contributed by atoms with Crippen molar-refractivity contribution in [1.82, 2.24) is 4.98 Å². The molecule has 8 nitrogen and oxygen atoms in total. The summed E-state index contributed by atoms with van der Waals surface area (Å²) in [5.74, 6) is -0.0950. The number of carbonyl (C=O) groups excluding carboxylic acids is 2. The molecule has 9 heteroatoms. The molecule has 0 spiro atoms. The highest BCUT2D eigenvalue weighted by atomic mass is 32.1. The fraction of sp³-hybridized carbons (Fsp3) is 0.292. The van der Waals surface area contributed by atoms with Crippen molar-refractivity contribution in [3.05, 3.63) is 51.8 Å². The topological polar surface area (TPSA) is 87.2 Å². The lowest BCUT2D eigenvalue weighted by atomic mass is 10.1. The molecule has 1 aliphatic heterocycles. The number of hydrogen-bond donors (Lipinski definition) is 0. The van der Waals surface area contributed by atoms with Gasteiger partial charge in [-0.2, -0.15) is 0 Å². The Balaban J connectivity index is 1.46. The van der Waals surface area contributed by atoms with Gasteiger partial charge in [0.05, 0.1) is 32.0 Å². The third kappa shape index (κ3) is 4.36. The van der Waals surface area contributed by atoms with Gasteiger partial charge in [-0.05, 0) is 43.2 Å². The highest BCUT2D eigenvalue weighted by molar-refractivity contribution is 7.09. The number of aryl methyl sites for hydroxylation is 1. The highest BCUT2D eigenvalue weighted by Gasteiger charge is 2.27. The number of thiazole rings is 1. The number of methoxy groups -OCH3 is 3. The predicted molar refractivity (Wildman–Crippen MR) is 125 cm³/mol. The number of anilines is 1. The van der Waals surface area contributed by atoms with Crippen LogP contribution in [0.3, 0.4) is 0 Å². The number of nitrogens with zero attached hydrogens (tertiary/aromatic N) is 2. The second-order valence-electron chi connectivity index (χ2n) is 7.35. The van der Waals surface area contributed by atoms with E-state index < -0.39 is 5.97 Å². The summed E-state index contributed by atoms with van der Waals surface area (Å²) < 4.78 is 21.2. The standard InChI is InChI=1S/C24H24N2O6S/c1-14-25-18(13-33-14)15-5-7-19-16(11-15)9-10-26(19)21(27)12-32-24(28)17-6-8-20(29-2)23(31-4)22(17)30-3/h5-8,11,13H,9-10,12H2,1-4H3. The maximum Gasteiger partial charge on any atom is 0.342 e. The van der Waals surface area contributed by atoms with E-state index in [2.05, 4.69) is 11.1 Å². The molecule has 0 unspecified atom stereocenters. The van der Waals surface area contributed by atoms with Crippen molar-refractivity contribution in [3.8, 4) is 28.5 Å². The second-order valence-corrected chi connectivity index (χ2v) is 8.41. The first-order chi connectivity index (χ1) is 16.0. The lowest BCUT2D eigenvalue weighted by Gasteiger charge is -2.18. The summed E-state index contributed by atoms with van der Waals surface area (Å²) in [5.41, 5.74) is 4.00. The van der Waals surface area contributed by atoms with Crippen LogP contribution in [0.4, 0.5) is 5.69 Å². The molecule has 0 saturated heterocycles. The van der Waals surface area contributed by atoms with E-state index in [1.165, 1.54) is 27.4 Å². The van der Waals surface area contributed by atoms with Crippen molar-refractivity contribution in [1.29, 1.82) is 0 Å². The molecule has 0 bridgehead atoms. The van der Waals surface area contributed by atoms with Crippen molar-refractivity contribution in [2.75, 3.05) is 39.4 Å². The van der Waals surface area contributed by atoms with Crippen LogP contribution < -0.4 is 19.1 Å². The molecule has 1 aromatic heterocycles. The molecule has 1 aliphatic rings. The first-order valence-corrected chi connectivity index (χ1v) is 11.2. The quantitative estimate of drug-likeness (QED) is 0.486. The molecule has 0 N–H and O–H groups in total. The molecule has 0 atom stereocenters. The van der Waals surface area contributed by atoms with Crippen LogP contribution in [0.5, 0.6) is 17.2 Å². The Bertz CT molecular complexity index is 1210. The SMILES string of the molecule is COc1ccc(C(=O)OCC(=O)N2CCc3cc(-c4csc(C)n4)ccc32)c(OC)c1OC. The molecular formula is C24H24N2O6S. The van der Waals surface area contributed by atoms with Crippen LogP contribution in [0.15, 0.2) is 35.7 Å². The third-order valence-electron chi connectivity index (χ3n) is 5.44. The summed E-state index contributed by atoms with van der Waals surface area (Å²) >= 11 is 1.60.